The van der Waals surface area contributed by atoms with Crippen molar-refractivity contribution in [1.82, 2.24) is 0 Å². The minimum absolute atomic E-state index is 0.0411. The summed E-state index contributed by atoms with van der Waals surface area (Å²) in [5.74, 6) is 1.10. The molecule has 0 aliphatic heterocycles. The number of phenols is 1. The first-order valence-electron chi connectivity index (χ1n) is 10.4. The summed E-state index contributed by atoms with van der Waals surface area (Å²) in [6.45, 7) is 4.29. The standard InChI is InChI=1S/C24H29ClO5S/c1-4-7-18-21(10-9-17(24(18)28)20(26)5-2)30-12-6-13-31-22-11-8-16(14-19(22)25)15-23(27)29-3/h8-11,14,28H,4-7,12-13,15H2,1-3H3. The molecule has 31 heavy (non-hydrogen) atoms. The lowest BCUT2D eigenvalue weighted by Gasteiger charge is -2.15. The van der Waals surface area contributed by atoms with Crippen LogP contribution in [0.3, 0.4) is 0 Å². The lowest BCUT2D eigenvalue weighted by atomic mass is 10.00. The minimum atomic E-state index is -0.297. The molecule has 0 saturated heterocycles. The van der Waals surface area contributed by atoms with E-state index in [2.05, 4.69) is 4.74 Å². The fraction of sp³-hybridized carbons (Fsp3) is 0.417. The predicted molar refractivity (Wildman–Crippen MR) is 125 cm³/mol. The van der Waals surface area contributed by atoms with Crippen molar-refractivity contribution in [2.75, 3.05) is 19.5 Å². The molecule has 1 N–H and O–H groups in total. The first-order chi connectivity index (χ1) is 14.9. The highest BCUT2D eigenvalue weighted by molar-refractivity contribution is 7.99. The van der Waals surface area contributed by atoms with E-state index in [-0.39, 0.29) is 23.9 Å². The molecule has 5 nitrogen and oxygen atoms in total. The monoisotopic (exact) mass is 464 g/mol. The Labute approximate surface area is 193 Å². The number of thioether (sulfide) groups is 1. The van der Waals surface area contributed by atoms with E-state index < -0.39 is 0 Å². The van der Waals surface area contributed by atoms with Gasteiger partial charge in [-0.25, -0.2) is 0 Å². The lowest BCUT2D eigenvalue weighted by molar-refractivity contribution is -0.139. The van der Waals surface area contributed by atoms with Gasteiger partial charge < -0.3 is 14.6 Å². The first kappa shape index (κ1) is 25.1. The second-order valence-corrected chi connectivity index (χ2v) is 8.58. The molecule has 2 rings (SSSR count). The van der Waals surface area contributed by atoms with Gasteiger partial charge in [-0.15, -0.1) is 11.8 Å². The van der Waals surface area contributed by atoms with Crippen LogP contribution in [-0.2, 0) is 22.4 Å². The quantitative estimate of drug-likeness (QED) is 0.183. The molecule has 0 bridgehead atoms. The second kappa shape index (κ2) is 12.6. The molecular formula is C24H29ClO5S. The molecule has 0 unspecified atom stereocenters. The van der Waals surface area contributed by atoms with Crippen molar-refractivity contribution in [3.63, 3.8) is 0 Å². The number of carbonyl (C=O) groups excluding carboxylic acids is 2. The Bertz CT molecular complexity index is 913. The van der Waals surface area contributed by atoms with Gasteiger partial charge in [0.15, 0.2) is 5.78 Å². The first-order valence-corrected chi connectivity index (χ1v) is 11.8. The van der Waals surface area contributed by atoms with Gasteiger partial charge in [-0.2, -0.15) is 0 Å². The number of rotatable bonds is 12. The maximum Gasteiger partial charge on any atom is 0.309 e. The number of ketones is 1. The zero-order valence-electron chi connectivity index (χ0n) is 18.2. The van der Waals surface area contributed by atoms with Crippen molar-refractivity contribution in [2.24, 2.45) is 0 Å². The SMILES string of the molecule is CCCc1c(OCCCSc2ccc(CC(=O)OC)cc2Cl)ccc(C(=O)CC)c1O. The fourth-order valence-corrected chi connectivity index (χ4v) is 4.30. The molecule has 0 aliphatic carbocycles. The van der Waals surface area contributed by atoms with E-state index in [1.165, 1.54) is 7.11 Å². The highest BCUT2D eigenvalue weighted by Crippen LogP contribution is 2.34. The maximum absolute atomic E-state index is 12.0. The fourth-order valence-electron chi connectivity index (χ4n) is 3.09. The van der Waals surface area contributed by atoms with Gasteiger partial charge in [-0.1, -0.05) is 37.9 Å². The summed E-state index contributed by atoms with van der Waals surface area (Å²) in [5.41, 5.74) is 1.87. The Morgan fingerprint density at radius 2 is 1.94 bits per heavy atom. The van der Waals surface area contributed by atoms with E-state index in [1.54, 1.807) is 36.9 Å². The maximum atomic E-state index is 12.0. The van der Waals surface area contributed by atoms with Crippen molar-refractivity contribution >= 4 is 35.1 Å². The number of hydrogen-bond acceptors (Lipinski definition) is 6. The lowest BCUT2D eigenvalue weighted by Crippen LogP contribution is -2.05. The van der Waals surface area contributed by atoms with E-state index >= 15 is 0 Å². The smallest absolute Gasteiger partial charge is 0.309 e. The molecule has 0 atom stereocenters. The third-order valence-corrected chi connectivity index (χ3v) is 6.32. The van der Waals surface area contributed by atoms with Gasteiger partial charge in [-0.3, -0.25) is 9.59 Å². The van der Waals surface area contributed by atoms with Gasteiger partial charge in [0.05, 0.1) is 30.7 Å². The van der Waals surface area contributed by atoms with Crippen LogP contribution >= 0.6 is 23.4 Å². The Morgan fingerprint density at radius 1 is 1.16 bits per heavy atom. The summed E-state index contributed by atoms with van der Waals surface area (Å²) >= 11 is 7.95. The van der Waals surface area contributed by atoms with Crippen molar-refractivity contribution in [3.05, 3.63) is 52.0 Å². The largest absolute Gasteiger partial charge is 0.507 e. The zero-order valence-corrected chi connectivity index (χ0v) is 19.8. The van der Waals surface area contributed by atoms with Crippen LogP contribution in [0.5, 0.6) is 11.5 Å². The van der Waals surface area contributed by atoms with Gasteiger partial charge in [0, 0.05) is 22.6 Å². The molecule has 0 saturated carbocycles. The van der Waals surface area contributed by atoms with Crippen LogP contribution in [-0.4, -0.2) is 36.3 Å². The van der Waals surface area contributed by atoms with Crippen LogP contribution < -0.4 is 4.74 Å². The van der Waals surface area contributed by atoms with Gasteiger partial charge >= 0.3 is 5.97 Å². The Morgan fingerprint density at radius 3 is 2.58 bits per heavy atom. The predicted octanol–water partition coefficient (Wildman–Crippen LogP) is 5.87. The van der Waals surface area contributed by atoms with Gasteiger partial charge in [0.25, 0.3) is 0 Å². The summed E-state index contributed by atoms with van der Waals surface area (Å²) in [6.07, 6.45) is 2.82. The van der Waals surface area contributed by atoms with Gasteiger partial charge in [0.2, 0.25) is 0 Å². The van der Waals surface area contributed by atoms with E-state index in [9.17, 15) is 14.7 Å². The van der Waals surface area contributed by atoms with E-state index in [0.717, 1.165) is 29.1 Å². The number of benzene rings is 2. The number of halogens is 1. The summed E-state index contributed by atoms with van der Waals surface area (Å²) in [4.78, 5) is 24.3. The van der Waals surface area contributed by atoms with Crippen LogP contribution in [0.1, 0.15) is 54.6 Å². The number of Topliss-reactive ketones (excluding diaryl/α,β-unsaturated/α-hetero) is 1. The molecule has 0 aromatic heterocycles. The van der Waals surface area contributed by atoms with Crippen molar-refractivity contribution in [2.45, 2.75) is 50.8 Å². The summed E-state index contributed by atoms with van der Waals surface area (Å²) in [7, 11) is 1.36. The zero-order chi connectivity index (χ0) is 22.8. The number of ether oxygens (including phenoxy) is 2. The number of methoxy groups -OCH3 is 1. The molecule has 168 valence electrons. The third kappa shape index (κ3) is 7.18. The highest BCUT2D eigenvalue weighted by atomic mass is 35.5. The van der Waals surface area contributed by atoms with E-state index in [0.29, 0.717) is 41.3 Å². The van der Waals surface area contributed by atoms with Crippen LogP contribution in [0.4, 0.5) is 0 Å². The number of aromatic hydroxyl groups is 1. The van der Waals surface area contributed by atoms with Gasteiger partial charge in [-0.05, 0) is 42.7 Å². The summed E-state index contributed by atoms with van der Waals surface area (Å²) in [5, 5.41) is 11.1. The average molecular weight is 465 g/mol. The number of esters is 1. The van der Waals surface area contributed by atoms with Crippen LogP contribution in [0.15, 0.2) is 35.2 Å². The van der Waals surface area contributed by atoms with Crippen LogP contribution in [0.2, 0.25) is 5.02 Å². The topological polar surface area (TPSA) is 72.8 Å². The van der Waals surface area contributed by atoms with Crippen molar-refractivity contribution in [3.8, 4) is 11.5 Å². The minimum Gasteiger partial charge on any atom is -0.507 e. The Kier molecular flexibility index (Phi) is 10.2. The molecule has 0 fully saturated rings. The van der Waals surface area contributed by atoms with Crippen LogP contribution in [0, 0.1) is 0 Å². The molecule has 2 aromatic carbocycles. The van der Waals surface area contributed by atoms with Crippen LogP contribution in [0.25, 0.3) is 0 Å². The number of phenolic OH excluding ortho intramolecular Hbond substituents is 1. The Balaban J connectivity index is 1.91. The molecule has 0 aliphatic rings. The molecule has 2 aromatic rings. The molecule has 0 amide bonds. The molecule has 7 heteroatoms. The molecule has 0 spiro atoms. The van der Waals surface area contributed by atoms with Gasteiger partial charge in [0.1, 0.15) is 11.5 Å². The number of carbonyl (C=O) groups is 2. The van der Waals surface area contributed by atoms with E-state index in [4.69, 9.17) is 16.3 Å². The average Bonchev–Trinajstić information content (AvgIpc) is 2.76. The highest BCUT2D eigenvalue weighted by Gasteiger charge is 2.17. The molecule has 0 heterocycles. The summed E-state index contributed by atoms with van der Waals surface area (Å²) < 4.78 is 10.6. The third-order valence-electron chi connectivity index (χ3n) is 4.74. The second-order valence-electron chi connectivity index (χ2n) is 7.03. The Hall–Kier alpha value is -2.18. The number of hydrogen-bond donors (Lipinski definition) is 1. The van der Waals surface area contributed by atoms with Crippen molar-refractivity contribution < 1.29 is 24.2 Å². The normalized spacial score (nSPS) is 10.7. The van der Waals surface area contributed by atoms with E-state index in [1.807, 2.05) is 19.1 Å². The molecule has 0 radical (unpaired) electrons. The molecular weight excluding hydrogens is 436 g/mol. The van der Waals surface area contributed by atoms with Crippen molar-refractivity contribution in [1.29, 1.82) is 0 Å². The summed E-state index contributed by atoms with van der Waals surface area (Å²) in [6, 6.07) is 8.99.